The molecule has 1 saturated heterocycles. The second-order valence-corrected chi connectivity index (χ2v) is 7.85. The van der Waals surface area contributed by atoms with Crippen LogP contribution in [-0.4, -0.2) is 41.2 Å². The SMILES string of the molecule is CCC(CC)C(=O)N[C@@H]1CCN2C(=O)c3cc(Br)ccc3NC(=O)[C@@H]2C1. The molecule has 2 atom stereocenters. The first kappa shape index (κ1) is 18.9. The van der Waals surface area contributed by atoms with Crippen molar-refractivity contribution in [1.29, 1.82) is 0 Å². The van der Waals surface area contributed by atoms with Crippen LogP contribution in [0.1, 0.15) is 49.9 Å². The molecule has 0 aliphatic carbocycles. The van der Waals surface area contributed by atoms with Gasteiger partial charge in [0.2, 0.25) is 11.8 Å². The molecule has 0 bridgehead atoms. The van der Waals surface area contributed by atoms with Crippen molar-refractivity contribution in [3.05, 3.63) is 28.2 Å². The van der Waals surface area contributed by atoms with Gasteiger partial charge in [-0.15, -0.1) is 0 Å². The van der Waals surface area contributed by atoms with Gasteiger partial charge in [0, 0.05) is 23.0 Å². The van der Waals surface area contributed by atoms with E-state index in [-0.39, 0.29) is 29.7 Å². The Hall–Kier alpha value is -1.89. The molecule has 0 radical (unpaired) electrons. The summed E-state index contributed by atoms with van der Waals surface area (Å²) in [6, 6.07) is 4.63. The minimum absolute atomic E-state index is 0.000716. The van der Waals surface area contributed by atoms with Gasteiger partial charge in [0.1, 0.15) is 6.04 Å². The molecule has 2 heterocycles. The smallest absolute Gasteiger partial charge is 0.256 e. The highest BCUT2D eigenvalue weighted by molar-refractivity contribution is 9.10. The number of nitrogens with zero attached hydrogens (tertiary/aromatic N) is 1. The summed E-state index contributed by atoms with van der Waals surface area (Å²) in [4.78, 5) is 39.6. The molecule has 0 aromatic heterocycles. The van der Waals surface area contributed by atoms with E-state index in [4.69, 9.17) is 0 Å². The largest absolute Gasteiger partial charge is 0.353 e. The van der Waals surface area contributed by atoms with E-state index < -0.39 is 6.04 Å². The lowest BCUT2D eigenvalue weighted by Crippen LogP contribution is -2.55. The predicted octanol–water partition coefficient (Wildman–Crippen LogP) is 2.93. The molecule has 6 nitrogen and oxygen atoms in total. The number of carbonyl (C=O) groups is 3. The van der Waals surface area contributed by atoms with Crippen LogP contribution in [0, 0.1) is 5.92 Å². The van der Waals surface area contributed by atoms with Crippen molar-refractivity contribution in [3.8, 4) is 0 Å². The molecule has 1 aromatic rings. The Kier molecular flexibility index (Phi) is 5.65. The highest BCUT2D eigenvalue weighted by atomic mass is 79.9. The number of hydrogen-bond acceptors (Lipinski definition) is 3. The molecule has 140 valence electrons. The second-order valence-electron chi connectivity index (χ2n) is 6.94. The predicted molar refractivity (Wildman–Crippen MR) is 103 cm³/mol. The molecule has 0 saturated carbocycles. The third kappa shape index (κ3) is 3.63. The Bertz CT molecular complexity index is 733. The number of rotatable bonds is 4. The van der Waals surface area contributed by atoms with E-state index in [9.17, 15) is 14.4 Å². The van der Waals surface area contributed by atoms with E-state index in [2.05, 4.69) is 26.6 Å². The topological polar surface area (TPSA) is 78.5 Å². The molecule has 3 amide bonds. The van der Waals surface area contributed by atoms with Gasteiger partial charge in [0.15, 0.2) is 0 Å². The van der Waals surface area contributed by atoms with Crippen molar-refractivity contribution in [3.63, 3.8) is 0 Å². The molecule has 0 unspecified atom stereocenters. The highest BCUT2D eigenvalue weighted by Crippen LogP contribution is 2.30. The zero-order valence-corrected chi connectivity index (χ0v) is 16.6. The monoisotopic (exact) mass is 421 g/mol. The van der Waals surface area contributed by atoms with Gasteiger partial charge in [-0.2, -0.15) is 0 Å². The summed E-state index contributed by atoms with van der Waals surface area (Å²) in [7, 11) is 0. The molecule has 2 aliphatic heterocycles. The van der Waals surface area contributed by atoms with Gasteiger partial charge < -0.3 is 15.5 Å². The van der Waals surface area contributed by atoms with Crippen LogP contribution in [0.25, 0.3) is 0 Å². The molecule has 2 N–H and O–H groups in total. The third-order valence-electron chi connectivity index (χ3n) is 5.34. The van der Waals surface area contributed by atoms with E-state index in [0.717, 1.165) is 17.3 Å². The Labute approximate surface area is 161 Å². The maximum Gasteiger partial charge on any atom is 0.256 e. The number of amides is 3. The van der Waals surface area contributed by atoms with Gasteiger partial charge in [-0.3, -0.25) is 14.4 Å². The molecule has 0 spiro atoms. The number of anilines is 1. The molecule has 7 heteroatoms. The summed E-state index contributed by atoms with van der Waals surface area (Å²) >= 11 is 3.38. The first-order valence-corrected chi connectivity index (χ1v) is 9.95. The first-order valence-electron chi connectivity index (χ1n) is 9.16. The Morgan fingerprint density at radius 1 is 1.35 bits per heavy atom. The number of benzene rings is 1. The second kappa shape index (κ2) is 7.78. The lowest BCUT2D eigenvalue weighted by molar-refractivity contribution is -0.127. The van der Waals surface area contributed by atoms with Gasteiger partial charge in [-0.1, -0.05) is 29.8 Å². The summed E-state index contributed by atoms with van der Waals surface area (Å²) in [6.07, 6.45) is 2.70. The quantitative estimate of drug-likeness (QED) is 0.783. The van der Waals surface area contributed by atoms with E-state index in [1.54, 1.807) is 23.1 Å². The van der Waals surface area contributed by atoms with Crippen LogP contribution in [0.5, 0.6) is 0 Å². The third-order valence-corrected chi connectivity index (χ3v) is 5.83. The fraction of sp³-hybridized carbons (Fsp3) is 0.526. The highest BCUT2D eigenvalue weighted by Gasteiger charge is 2.40. The standard InChI is InChI=1S/C19H24BrN3O3/c1-3-11(4-2)17(24)21-13-7-8-23-16(10-13)18(25)22-15-6-5-12(20)9-14(15)19(23)26/h5-6,9,11,13,16H,3-4,7-8,10H2,1-2H3,(H,21,24)(H,22,25)/t13-,16+/m1/s1. The summed E-state index contributed by atoms with van der Waals surface area (Å²) in [5, 5.41) is 5.94. The molecule has 3 rings (SSSR count). The fourth-order valence-electron chi connectivity index (χ4n) is 3.74. The number of carbonyl (C=O) groups excluding carboxylic acids is 3. The maximum absolute atomic E-state index is 12.9. The lowest BCUT2D eigenvalue weighted by Gasteiger charge is -2.37. The van der Waals surface area contributed by atoms with Gasteiger partial charge in [-0.25, -0.2) is 0 Å². The summed E-state index contributed by atoms with van der Waals surface area (Å²) in [6.45, 7) is 4.46. The van der Waals surface area contributed by atoms with E-state index in [1.807, 2.05) is 13.8 Å². The number of piperidine rings is 1. The zero-order chi connectivity index (χ0) is 18.8. The first-order chi connectivity index (χ1) is 12.4. The normalized spacial score (nSPS) is 22.4. The minimum atomic E-state index is -0.561. The number of nitrogens with one attached hydrogen (secondary N) is 2. The van der Waals surface area contributed by atoms with Crippen LogP contribution in [0.4, 0.5) is 5.69 Å². The maximum atomic E-state index is 12.9. The fourth-order valence-corrected chi connectivity index (χ4v) is 4.10. The molecule has 2 aliphatic rings. The van der Waals surface area contributed by atoms with Crippen LogP contribution < -0.4 is 10.6 Å². The van der Waals surface area contributed by atoms with Crippen LogP contribution in [0.3, 0.4) is 0 Å². The van der Waals surface area contributed by atoms with Crippen molar-refractivity contribution >= 4 is 39.3 Å². The van der Waals surface area contributed by atoms with Crippen LogP contribution in [0.2, 0.25) is 0 Å². The van der Waals surface area contributed by atoms with Crippen molar-refractivity contribution in [1.82, 2.24) is 10.2 Å². The van der Waals surface area contributed by atoms with E-state index >= 15 is 0 Å². The Morgan fingerprint density at radius 3 is 2.77 bits per heavy atom. The average Bonchev–Trinajstić information content (AvgIpc) is 2.72. The minimum Gasteiger partial charge on any atom is -0.353 e. The summed E-state index contributed by atoms with van der Waals surface area (Å²) < 4.78 is 0.796. The van der Waals surface area contributed by atoms with E-state index in [0.29, 0.717) is 30.6 Å². The van der Waals surface area contributed by atoms with Crippen LogP contribution in [-0.2, 0) is 9.59 Å². The van der Waals surface area contributed by atoms with Crippen molar-refractivity contribution < 1.29 is 14.4 Å². The zero-order valence-electron chi connectivity index (χ0n) is 15.0. The molecular formula is C19H24BrN3O3. The summed E-state index contributed by atoms with van der Waals surface area (Å²) in [5.41, 5.74) is 1.03. The van der Waals surface area contributed by atoms with Gasteiger partial charge in [-0.05, 0) is 43.9 Å². The molecular weight excluding hydrogens is 398 g/mol. The lowest BCUT2D eigenvalue weighted by atomic mass is 9.94. The van der Waals surface area contributed by atoms with Gasteiger partial charge in [0.05, 0.1) is 11.3 Å². The van der Waals surface area contributed by atoms with Crippen LogP contribution in [0.15, 0.2) is 22.7 Å². The number of fused-ring (bicyclic) bond motifs is 2. The number of halogens is 1. The molecule has 1 fully saturated rings. The van der Waals surface area contributed by atoms with Crippen LogP contribution >= 0.6 is 15.9 Å². The van der Waals surface area contributed by atoms with Crippen molar-refractivity contribution in [2.24, 2.45) is 5.92 Å². The molecule has 1 aromatic carbocycles. The summed E-state index contributed by atoms with van der Waals surface area (Å²) in [5.74, 6) is -0.296. The Balaban J connectivity index is 1.77. The van der Waals surface area contributed by atoms with E-state index in [1.165, 1.54) is 0 Å². The van der Waals surface area contributed by atoms with Crippen molar-refractivity contribution in [2.75, 3.05) is 11.9 Å². The molecule has 26 heavy (non-hydrogen) atoms. The number of hydrogen-bond donors (Lipinski definition) is 2. The Morgan fingerprint density at radius 2 is 2.08 bits per heavy atom. The van der Waals surface area contributed by atoms with Gasteiger partial charge in [0.25, 0.3) is 5.91 Å². The van der Waals surface area contributed by atoms with Gasteiger partial charge >= 0.3 is 0 Å². The average molecular weight is 422 g/mol. The van der Waals surface area contributed by atoms with Crippen molar-refractivity contribution in [2.45, 2.75) is 51.6 Å².